The van der Waals surface area contributed by atoms with E-state index in [2.05, 4.69) is 15.3 Å². The van der Waals surface area contributed by atoms with Gasteiger partial charge in [0.05, 0.1) is 23.7 Å². The summed E-state index contributed by atoms with van der Waals surface area (Å²) in [6.45, 7) is 3.98. The number of ether oxygens (including phenoxy) is 1. The van der Waals surface area contributed by atoms with Gasteiger partial charge in [-0.3, -0.25) is 14.9 Å². The van der Waals surface area contributed by atoms with Crippen molar-refractivity contribution in [3.8, 4) is 0 Å². The fourth-order valence-corrected chi connectivity index (χ4v) is 4.18. The predicted octanol–water partition coefficient (Wildman–Crippen LogP) is 3.86. The second kappa shape index (κ2) is 8.88. The lowest BCUT2D eigenvalue weighted by Crippen LogP contribution is -2.14. The zero-order valence-corrected chi connectivity index (χ0v) is 16.7. The summed E-state index contributed by atoms with van der Waals surface area (Å²) in [5.74, 6) is -0.622. The van der Waals surface area contributed by atoms with Crippen LogP contribution < -0.4 is 5.32 Å². The molecule has 0 radical (unpaired) electrons. The Kier molecular flexibility index (Phi) is 6.31. The number of carbonyl (C=O) groups excluding carboxylic acids is 2. The van der Waals surface area contributed by atoms with Crippen molar-refractivity contribution in [1.29, 1.82) is 0 Å². The molecule has 0 fully saturated rings. The summed E-state index contributed by atoms with van der Waals surface area (Å²) >= 11 is 2.79. The largest absolute Gasteiger partial charge is 0.466 e. The predicted molar refractivity (Wildman–Crippen MR) is 107 cm³/mol. The second-order valence-electron chi connectivity index (χ2n) is 5.75. The Balaban J connectivity index is 1.70. The first-order chi connectivity index (χ1) is 13.0. The highest BCUT2D eigenvalue weighted by Gasteiger charge is 2.19. The molecule has 0 saturated heterocycles. The van der Waals surface area contributed by atoms with E-state index in [1.165, 1.54) is 22.7 Å². The highest BCUT2D eigenvalue weighted by Crippen LogP contribution is 2.24. The highest BCUT2D eigenvalue weighted by atomic mass is 32.1. The minimum absolute atomic E-state index is 0.0925. The van der Waals surface area contributed by atoms with Gasteiger partial charge in [-0.15, -0.1) is 22.7 Å². The van der Waals surface area contributed by atoms with Gasteiger partial charge >= 0.3 is 5.97 Å². The first-order valence-electron chi connectivity index (χ1n) is 8.46. The Morgan fingerprint density at radius 1 is 1.19 bits per heavy atom. The molecule has 0 aliphatic rings. The second-order valence-corrected chi connectivity index (χ2v) is 7.89. The number of amides is 1. The molecule has 0 aliphatic carbocycles. The lowest BCUT2D eigenvalue weighted by Gasteiger charge is -2.03. The van der Waals surface area contributed by atoms with Crippen LogP contribution in [-0.2, 0) is 22.4 Å². The van der Waals surface area contributed by atoms with Crippen LogP contribution in [0.2, 0.25) is 0 Å². The van der Waals surface area contributed by atoms with Crippen molar-refractivity contribution in [2.24, 2.45) is 0 Å². The van der Waals surface area contributed by atoms with Gasteiger partial charge in [-0.25, -0.2) is 9.97 Å². The van der Waals surface area contributed by atoms with E-state index in [0.29, 0.717) is 29.5 Å². The van der Waals surface area contributed by atoms with Crippen molar-refractivity contribution in [2.45, 2.75) is 26.7 Å². The van der Waals surface area contributed by atoms with Gasteiger partial charge in [0, 0.05) is 16.7 Å². The first-order valence-corrected chi connectivity index (χ1v) is 10.2. The number of aryl methyl sites for hydroxylation is 1. The number of anilines is 1. The van der Waals surface area contributed by atoms with Gasteiger partial charge in [0.2, 0.25) is 0 Å². The quantitative estimate of drug-likeness (QED) is 0.608. The van der Waals surface area contributed by atoms with E-state index in [9.17, 15) is 9.59 Å². The minimum atomic E-state index is -0.332. The van der Waals surface area contributed by atoms with Crippen LogP contribution in [0, 0.1) is 6.92 Å². The molecule has 3 aromatic rings. The molecule has 8 heteroatoms. The van der Waals surface area contributed by atoms with Gasteiger partial charge in [-0.1, -0.05) is 30.3 Å². The maximum atomic E-state index is 12.7. The zero-order chi connectivity index (χ0) is 19.2. The van der Waals surface area contributed by atoms with Gasteiger partial charge < -0.3 is 4.74 Å². The molecule has 0 atom stereocenters. The number of hydrogen-bond acceptors (Lipinski definition) is 7. The smallest absolute Gasteiger partial charge is 0.311 e. The van der Waals surface area contributed by atoms with Gasteiger partial charge in [-0.2, -0.15) is 0 Å². The van der Waals surface area contributed by atoms with Gasteiger partial charge in [0.1, 0.15) is 5.69 Å². The molecule has 3 rings (SSSR count). The molecular weight excluding hydrogens is 382 g/mol. The Morgan fingerprint density at radius 2 is 1.96 bits per heavy atom. The SMILES string of the molecule is CCOC(=O)Cc1csc(NC(=O)c2nc(C)sc2Cc2ccccc2)n1. The molecule has 0 saturated carbocycles. The maximum Gasteiger partial charge on any atom is 0.311 e. The Hall–Kier alpha value is -2.58. The summed E-state index contributed by atoms with van der Waals surface area (Å²) in [5, 5.41) is 5.81. The zero-order valence-electron chi connectivity index (χ0n) is 15.0. The van der Waals surface area contributed by atoms with Crippen molar-refractivity contribution in [2.75, 3.05) is 11.9 Å². The lowest BCUT2D eigenvalue weighted by molar-refractivity contribution is -0.142. The Bertz CT molecular complexity index is 935. The number of rotatable bonds is 7. The van der Waals surface area contributed by atoms with E-state index in [0.717, 1.165) is 15.4 Å². The van der Waals surface area contributed by atoms with Crippen LogP contribution in [0.4, 0.5) is 5.13 Å². The van der Waals surface area contributed by atoms with E-state index in [1.54, 1.807) is 12.3 Å². The molecule has 0 spiro atoms. The van der Waals surface area contributed by atoms with E-state index in [4.69, 9.17) is 4.74 Å². The Labute approximate surface area is 165 Å². The number of carbonyl (C=O) groups is 2. The third-order valence-electron chi connectivity index (χ3n) is 3.63. The molecule has 0 aliphatic heterocycles. The summed E-state index contributed by atoms with van der Waals surface area (Å²) in [5.41, 5.74) is 2.12. The fraction of sp³-hybridized carbons (Fsp3) is 0.263. The van der Waals surface area contributed by atoms with Crippen LogP contribution in [0.5, 0.6) is 0 Å². The summed E-state index contributed by atoms with van der Waals surface area (Å²) in [6, 6.07) is 9.97. The summed E-state index contributed by atoms with van der Waals surface area (Å²) < 4.78 is 4.91. The number of esters is 1. The number of benzene rings is 1. The van der Waals surface area contributed by atoms with Crippen LogP contribution >= 0.6 is 22.7 Å². The number of thiazole rings is 2. The third kappa shape index (κ3) is 5.21. The average Bonchev–Trinajstić information content (AvgIpc) is 3.22. The van der Waals surface area contributed by atoms with Crippen LogP contribution in [0.1, 0.15) is 38.6 Å². The first kappa shape index (κ1) is 19.2. The fourth-order valence-electron chi connectivity index (χ4n) is 2.51. The van der Waals surface area contributed by atoms with Crippen molar-refractivity contribution >= 4 is 39.7 Å². The highest BCUT2D eigenvalue weighted by molar-refractivity contribution is 7.14. The number of hydrogen-bond donors (Lipinski definition) is 1. The van der Waals surface area contributed by atoms with E-state index in [-0.39, 0.29) is 18.3 Å². The lowest BCUT2D eigenvalue weighted by atomic mass is 10.1. The van der Waals surface area contributed by atoms with E-state index < -0.39 is 0 Å². The summed E-state index contributed by atoms with van der Waals surface area (Å²) in [4.78, 5) is 33.8. The number of nitrogens with one attached hydrogen (secondary N) is 1. The van der Waals surface area contributed by atoms with E-state index >= 15 is 0 Å². The molecule has 0 unspecified atom stereocenters. The minimum Gasteiger partial charge on any atom is -0.466 e. The van der Waals surface area contributed by atoms with Crippen LogP contribution in [0.3, 0.4) is 0 Å². The molecule has 2 heterocycles. The molecule has 6 nitrogen and oxygen atoms in total. The molecule has 2 aromatic heterocycles. The van der Waals surface area contributed by atoms with Crippen LogP contribution in [0.25, 0.3) is 0 Å². The van der Waals surface area contributed by atoms with Gasteiger partial charge in [0.15, 0.2) is 5.13 Å². The van der Waals surface area contributed by atoms with Gasteiger partial charge in [-0.05, 0) is 19.4 Å². The standard InChI is InChI=1S/C19H19N3O3S2/c1-3-25-16(23)10-14-11-26-19(21-14)22-18(24)17-15(27-12(2)20-17)9-13-7-5-4-6-8-13/h4-8,11H,3,9-10H2,1-2H3,(H,21,22,24). The summed E-state index contributed by atoms with van der Waals surface area (Å²) in [6.07, 6.45) is 0.746. The van der Waals surface area contributed by atoms with Crippen molar-refractivity contribution < 1.29 is 14.3 Å². The van der Waals surface area contributed by atoms with Crippen LogP contribution in [0.15, 0.2) is 35.7 Å². The summed E-state index contributed by atoms with van der Waals surface area (Å²) in [7, 11) is 0. The molecule has 0 bridgehead atoms. The van der Waals surface area contributed by atoms with E-state index in [1.807, 2.05) is 37.3 Å². The van der Waals surface area contributed by atoms with Gasteiger partial charge in [0.25, 0.3) is 5.91 Å². The van der Waals surface area contributed by atoms with Crippen molar-refractivity contribution in [3.05, 3.63) is 62.5 Å². The molecule has 27 heavy (non-hydrogen) atoms. The molecule has 1 aromatic carbocycles. The average molecular weight is 402 g/mol. The monoisotopic (exact) mass is 401 g/mol. The normalized spacial score (nSPS) is 10.6. The van der Waals surface area contributed by atoms with Crippen molar-refractivity contribution in [3.63, 3.8) is 0 Å². The molecule has 1 amide bonds. The third-order valence-corrected chi connectivity index (χ3v) is 5.41. The molecule has 140 valence electrons. The number of aromatic nitrogens is 2. The maximum absolute atomic E-state index is 12.7. The Morgan fingerprint density at radius 3 is 2.70 bits per heavy atom. The molecule has 1 N–H and O–H groups in total. The number of nitrogens with zero attached hydrogens (tertiary/aromatic N) is 2. The van der Waals surface area contributed by atoms with Crippen molar-refractivity contribution in [1.82, 2.24) is 9.97 Å². The topological polar surface area (TPSA) is 81.2 Å². The van der Waals surface area contributed by atoms with Crippen LogP contribution in [-0.4, -0.2) is 28.5 Å². The molecular formula is C19H19N3O3S2.